The molecular formula is C19H17BrN4O3S. The fraction of sp³-hybridized carbons (Fsp3) is 0.158. The number of rotatable bonds is 6. The molecule has 144 valence electrons. The molecule has 0 atom stereocenters. The molecule has 9 heteroatoms. The largest absolute Gasteiger partial charge is 0.320 e. The summed E-state index contributed by atoms with van der Waals surface area (Å²) >= 11 is 4.71. The van der Waals surface area contributed by atoms with Crippen LogP contribution in [0, 0.1) is 17.0 Å². The SMILES string of the molecule is CCn1cc(Br)c(C(=O)Nc2cc(Sc3ccc(C)cc3)cc([N+](=O)[O-])c2)n1. The van der Waals surface area contributed by atoms with Crippen molar-refractivity contribution in [2.75, 3.05) is 5.32 Å². The van der Waals surface area contributed by atoms with Crippen LogP contribution >= 0.6 is 27.7 Å². The molecule has 7 nitrogen and oxygen atoms in total. The molecule has 0 unspecified atom stereocenters. The van der Waals surface area contributed by atoms with Crippen LogP contribution in [-0.4, -0.2) is 20.6 Å². The minimum atomic E-state index is -0.476. The minimum Gasteiger partial charge on any atom is -0.320 e. The van der Waals surface area contributed by atoms with Gasteiger partial charge in [-0.15, -0.1) is 0 Å². The second-order valence-electron chi connectivity index (χ2n) is 6.02. The van der Waals surface area contributed by atoms with E-state index in [0.717, 1.165) is 10.5 Å². The summed E-state index contributed by atoms with van der Waals surface area (Å²) in [5, 5.41) is 18.2. The first-order chi connectivity index (χ1) is 13.4. The van der Waals surface area contributed by atoms with Crippen molar-refractivity contribution >= 4 is 45.0 Å². The summed E-state index contributed by atoms with van der Waals surface area (Å²) < 4.78 is 2.19. The predicted molar refractivity (Wildman–Crippen MR) is 112 cm³/mol. The Morgan fingerprint density at radius 2 is 1.96 bits per heavy atom. The van der Waals surface area contributed by atoms with Crippen molar-refractivity contribution < 1.29 is 9.72 Å². The number of nitro benzene ring substituents is 1. The Morgan fingerprint density at radius 3 is 2.57 bits per heavy atom. The maximum atomic E-state index is 12.6. The molecule has 0 spiro atoms. The van der Waals surface area contributed by atoms with Crippen molar-refractivity contribution in [3.63, 3.8) is 0 Å². The van der Waals surface area contributed by atoms with Crippen LogP contribution in [0.1, 0.15) is 23.0 Å². The maximum absolute atomic E-state index is 12.6. The zero-order valence-corrected chi connectivity index (χ0v) is 17.6. The molecule has 28 heavy (non-hydrogen) atoms. The maximum Gasteiger partial charge on any atom is 0.277 e. The summed E-state index contributed by atoms with van der Waals surface area (Å²) in [6.45, 7) is 4.53. The lowest BCUT2D eigenvalue weighted by Crippen LogP contribution is -2.14. The Labute approximate surface area is 174 Å². The van der Waals surface area contributed by atoms with Crippen molar-refractivity contribution in [3.05, 3.63) is 74.5 Å². The van der Waals surface area contributed by atoms with E-state index in [2.05, 4.69) is 26.3 Å². The lowest BCUT2D eigenvalue weighted by Gasteiger charge is -2.08. The van der Waals surface area contributed by atoms with Gasteiger partial charge in [0.15, 0.2) is 5.69 Å². The molecule has 2 aromatic carbocycles. The Hall–Kier alpha value is -2.65. The van der Waals surface area contributed by atoms with E-state index in [1.807, 2.05) is 38.1 Å². The van der Waals surface area contributed by atoms with Crippen LogP contribution in [0.15, 0.2) is 62.9 Å². The molecule has 0 saturated heterocycles. The van der Waals surface area contributed by atoms with Gasteiger partial charge in [0.05, 0.1) is 9.40 Å². The van der Waals surface area contributed by atoms with E-state index in [1.165, 1.54) is 23.9 Å². The van der Waals surface area contributed by atoms with E-state index < -0.39 is 10.8 Å². The van der Waals surface area contributed by atoms with Crippen molar-refractivity contribution in [1.82, 2.24) is 9.78 Å². The molecular weight excluding hydrogens is 444 g/mol. The molecule has 1 heterocycles. The first kappa shape index (κ1) is 20.1. The van der Waals surface area contributed by atoms with Gasteiger partial charge < -0.3 is 5.32 Å². The molecule has 3 rings (SSSR count). The van der Waals surface area contributed by atoms with Crippen molar-refractivity contribution in [3.8, 4) is 0 Å². The Bertz CT molecular complexity index is 1030. The summed E-state index contributed by atoms with van der Waals surface area (Å²) in [5.41, 5.74) is 1.60. The second-order valence-corrected chi connectivity index (χ2v) is 8.02. The number of benzene rings is 2. The third kappa shape index (κ3) is 4.79. The van der Waals surface area contributed by atoms with Gasteiger partial charge in [-0.2, -0.15) is 5.10 Å². The van der Waals surface area contributed by atoms with Crippen molar-refractivity contribution in [2.45, 2.75) is 30.2 Å². The Balaban J connectivity index is 1.88. The van der Waals surface area contributed by atoms with Crippen LogP contribution in [0.3, 0.4) is 0 Å². The summed E-state index contributed by atoms with van der Waals surface area (Å²) in [6, 6.07) is 12.4. The molecule has 1 N–H and O–H groups in total. The van der Waals surface area contributed by atoms with Gasteiger partial charge in [-0.05, 0) is 48.0 Å². The van der Waals surface area contributed by atoms with Crippen LogP contribution in [-0.2, 0) is 6.54 Å². The normalized spacial score (nSPS) is 10.7. The molecule has 0 bridgehead atoms. The van der Waals surface area contributed by atoms with Gasteiger partial charge >= 0.3 is 0 Å². The third-order valence-electron chi connectivity index (χ3n) is 3.87. The molecule has 1 aromatic heterocycles. The van der Waals surface area contributed by atoms with Crippen molar-refractivity contribution in [1.29, 1.82) is 0 Å². The standard InChI is InChI=1S/C19H17BrN4O3S/c1-3-23-11-17(20)18(22-23)19(25)21-13-8-14(24(26)27)10-16(9-13)28-15-6-4-12(2)5-7-15/h4-11H,3H2,1-2H3,(H,21,25). The van der Waals surface area contributed by atoms with E-state index in [-0.39, 0.29) is 11.4 Å². The highest BCUT2D eigenvalue weighted by Gasteiger charge is 2.17. The first-order valence-corrected chi connectivity index (χ1v) is 10.0. The van der Waals surface area contributed by atoms with Crippen molar-refractivity contribution in [2.24, 2.45) is 0 Å². The van der Waals surface area contributed by atoms with Gasteiger partial charge in [0.2, 0.25) is 0 Å². The Morgan fingerprint density at radius 1 is 1.25 bits per heavy atom. The zero-order valence-electron chi connectivity index (χ0n) is 15.2. The van der Waals surface area contributed by atoms with Crippen LogP contribution in [0.25, 0.3) is 0 Å². The molecule has 0 fully saturated rings. The number of hydrogen-bond donors (Lipinski definition) is 1. The van der Waals surface area contributed by atoms with E-state index in [1.54, 1.807) is 16.9 Å². The number of carbonyl (C=O) groups is 1. The van der Waals surface area contributed by atoms with Crippen LogP contribution in [0.2, 0.25) is 0 Å². The summed E-state index contributed by atoms with van der Waals surface area (Å²) in [5.74, 6) is -0.439. The number of nitro groups is 1. The molecule has 1 amide bonds. The minimum absolute atomic E-state index is 0.0921. The summed E-state index contributed by atoms with van der Waals surface area (Å²) in [6.07, 6.45) is 1.71. The number of nitrogens with one attached hydrogen (secondary N) is 1. The molecule has 0 aliphatic carbocycles. The number of nitrogens with zero attached hydrogens (tertiary/aromatic N) is 3. The second kappa shape index (κ2) is 8.57. The van der Waals surface area contributed by atoms with Crippen LogP contribution in [0.5, 0.6) is 0 Å². The average Bonchev–Trinajstić information content (AvgIpc) is 3.04. The fourth-order valence-corrected chi connectivity index (χ4v) is 3.87. The number of halogens is 1. The van der Waals surface area contributed by atoms with E-state index in [4.69, 9.17) is 0 Å². The quantitative estimate of drug-likeness (QED) is 0.398. The molecule has 3 aromatic rings. The number of aryl methyl sites for hydroxylation is 2. The lowest BCUT2D eigenvalue weighted by atomic mass is 10.2. The summed E-state index contributed by atoms with van der Waals surface area (Å²) in [4.78, 5) is 25.0. The highest BCUT2D eigenvalue weighted by molar-refractivity contribution is 9.10. The highest BCUT2D eigenvalue weighted by atomic mass is 79.9. The number of carbonyl (C=O) groups excluding carboxylic acids is 1. The topological polar surface area (TPSA) is 90.1 Å². The lowest BCUT2D eigenvalue weighted by molar-refractivity contribution is -0.385. The van der Waals surface area contributed by atoms with E-state index >= 15 is 0 Å². The Kier molecular flexibility index (Phi) is 6.15. The first-order valence-electron chi connectivity index (χ1n) is 8.44. The molecule has 0 aliphatic heterocycles. The van der Waals surface area contributed by atoms with Gasteiger partial charge in [-0.25, -0.2) is 0 Å². The number of hydrogen-bond acceptors (Lipinski definition) is 5. The van der Waals surface area contributed by atoms with Crippen LogP contribution < -0.4 is 5.32 Å². The van der Waals surface area contributed by atoms with Gasteiger partial charge in [0, 0.05) is 40.4 Å². The third-order valence-corrected chi connectivity index (χ3v) is 5.43. The number of non-ortho nitro benzene ring substituents is 1. The van der Waals surface area contributed by atoms with E-state index in [9.17, 15) is 14.9 Å². The molecule has 0 aliphatic rings. The van der Waals surface area contributed by atoms with Crippen LogP contribution in [0.4, 0.5) is 11.4 Å². The average molecular weight is 461 g/mol. The number of amides is 1. The van der Waals surface area contributed by atoms with Gasteiger partial charge in [-0.1, -0.05) is 29.5 Å². The van der Waals surface area contributed by atoms with E-state index in [0.29, 0.717) is 21.6 Å². The zero-order chi connectivity index (χ0) is 20.3. The number of anilines is 1. The highest BCUT2D eigenvalue weighted by Crippen LogP contribution is 2.33. The fourth-order valence-electron chi connectivity index (χ4n) is 2.47. The predicted octanol–water partition coefficient (Wildman–Crippen LogP) is 5.29. The van der Waals surface area contributed by atoms with Gasteiger partial charge in [0.1, 0.15) is 0 Å². The molecule has 0 saturated carbocycles. The van der Waals surface area contributed by atoms with Gasteiger partial charge in [-0.3, -0.25) is 19.6 Å². The van der Waals surface area contributed by atoms with Gasteiger partial charge in [0.25, 0.3) is 11.6 Å². The smallest absolute Gasteiger partial charge is 0.277 e. The monoisotopic (exact) mass is 460 g/mol. The molecule has 0 radical (unpaired) electrons. The number of aromatic nitrogens is 2. The summed E-state index contributed by atoms with van der Waals surface area (Å²) in [7, 11) is 0.